The van der Waals surface area contributed by atoms with Crippen LogP contribution in [0, 0.1) is 6.92 Å². The molecule has 0 unspecified atom stereocenters. The van der Waals surface area contributed by atoms with E-state index in [1.165, 1.54) is 49.7 Å². The molecule has 0 bridgehead atoms. The van der Waals surface area contributed by atoms with Crippen LogP contribution in [-0.4, -0.2) is 0 Å². The number of hydrogen-bond donors (Lipinski definition) is 0. The Kier molecular flexibility index (Phi) is 3.15. The fourth-order valence-corrected chi connectivity index (χ4v) is 4.77. The molecule has 0 saturated carbocycles. The molecule has 4 aromatic rings. The summed E-state index contributed by atoms with van der Waals surface area (Å²) in [7, 11) is 0. The van der Waals surface area contributed by atoms with Gasteiger partial charge in [-0.25, -0.2) is 0 Å². The zero-order valence-electron chi connectivity index (χ0n) is 15.5. The Labute approximate surface area is 155 Å². The first-order chi connectivity index (χ1) is 12.6. The molecule has 0 saturated heterocycles. The molecule has 0 atom stereocenters. The van der Waals surface area contributed by atoms with Crippen LogP contribution in [0.2, 0.25) is 0 Å². The second-order valence-electron chi connectivity index (χ2n) is 7.88. The van der Waals surface area contributed by atoms with Crippen LogP contribution in [0.25, 0.3) is 33.0 Å². The van der Waals surface area contributed by atoms with E-state index < -0.39 is 0 Å². The van der Waals surface area contributed by atoms with Gasteiger partial charge < -0.3 is 0 Å². The maximum atomic E-state index is 2.37. The lowest BCUT2D eigenvalue weighted by molar-refractivity contribution is 0.661. The highest BCUT2D eigenvalue weighted by atomic mass is 14.4. The second-order valence-corrected chi connectivity index (χ2v) is 7.88. The molecule has 0 nitrogen and oxygen atoms in total. The summed E-state index contributed by atoms with van der Waals surface area (Å²) in [4.78, 5) is 0. The van der Waals surface area contributed by atoms with Crippen LogP contribution in [0.5, 0.6) is 0 Å². The Morgan fingerprint density at radius 1 is 0.615 bits per heavy atom. The smallest absolute Gasteiger partial charge is 0.0165 e. The standard InChI is InChI=1S/C26H22/c1-17-15-16-22-20-12-6-7-14-23(20)26(2,3)25(22)24(17)21-13-8-10-18-9-4-5-11-19(18)21/h4-16H,1-3H3. The summed E-state index contributed by atoms with van der Waals surface area (Å²) < 4.78 is 0. The van der Waals surface area contributed by atoms with Gasteiger partial charge in [0, 0.05) is 5.41 Å². The van der Waals surface area contributed by atoms with Gasteiger partial charge in [-0.3, -0.25) is 0 Å². The van der Waals surface area contributed by atoms with Crippen LogP contribution >= 0.6 is 0 Å². The van der Waals surface area contributed by atoms with E-state index in [1.54, 1.807) is 0 Å². The van der Waals surface area contributed by atoms with Gasteiger partial charge in [-0.1, -0.05) is 92.7 Å². The van der Waals surface area contributed by atoms with Gasteiger partial charge in [-0.05, 0) is 56.6 Å². The lowest BCUT2D eigenvalue weighted by atomic mass is 9.77. The number of aryl methyl sites for hydroxylation is 1. The van der Waals surface area contributed by atoms with Crippen LogP contribution in [0.1, 0.15) is 30.5 Å². The minimum atomic E-state index is 0.00419. The minimum absolute atomic E-state index is 0.00419. The van der Waals surface area contributed by atoms with E-state index in [4.69, 9.17) is 0 Å². The molecule has 4 aromatic carbocycles. The topological polar surface area (TPSA) is 0 Å². The molecule has 0 fully saturated rings. The summed E-state index contributed by atoms with van der Waals surface area (Å²) in [5.41, 5.74) is 9.77. The van der Waals surface area contributed by atoms with E-state index in [2.05, 4.69) is 99.6 Å². The van der Waals surface area contributed by atoms with Crippen LogP contribution < -0.4 is 0 Å². The van der Waals surface area contributed by atoms with E-state index in [-0.39, 0.29) is 5.41 Å². The summed E-state index contributed by atoms with van der Waals surface area (Å²) in [6.07, 6.45) is 0. The Hall–Kier alpha value is -2.86. The zero-order chi connectivity index (χ0) is 17.9. The maximum absolute atomic E-state index is 2.37. The van der Waals surface area contributed by atoms with Gasteiger partial charge >= 0.3 is 0 Å². The molecule has 126 valence electrons. The van der Waals surface area contributed by atoms with Crippen molar-refractivity contribution in [1.29, 1.82) is 0 Å². The fourth-order valence-electron chi connectivity index (χ4n) is 4.77. The van der Waals surface area contributed by atoms with Crippen LogP contribution in [0.3, 0.4) is 0 Å². The number of hydrogen-bond acceptors (Lipinski definition) is 0. The van der Waals surface area contributed by atoms with Crippen molar-refractivity contribution < 1.29 is 0 Å². The average molecular weight is 334 g/mol. The predicted molar refractivity (Wildman–Crippen MR) is 112 cm³/mol. The first-order valence-electron chi connectivity index (χ1n) is 9.31. The van der Waals surface area contributed by atoms with Crippen LogP contribution in [0.15, 0.2) is 78.9 Å². The minimum Gasteiger partial charge on any atom is -0.0619 e. The largest absolute Gasteiger partial charge is 0.0619 e. The Balaban J connectivity index is 1.92. The monoisotopic (exact) mass is 334 g/mol. The maximum Gasteiger partial charge on any atom is 0.0165 e. The normalized spacial score (nSPS) is 14.3. The first kappa shape index (κ1) is 15.4. The van der Waals surface area contributed by atoms with Gasteiger partial charge in [-0.2, -0.15) is 0 Å². The molecular weight excluding hydrogens is 312 g/mol. The lowest BCUT2D eigenvalue weighted by Gasteiger charge is -2.26. The van der Waals surface area contributed by atoms with Gasteiger partial charge in [0.1, 0.15) is 0 Å². The summed E-state index contributed by atoms with van der Waals surface area (Å²) in [5, 5.41) is 2.63. The molecule has 0 heteroatoms. The average Bonchev–Trinajstić information content (AvgIpc) is 2.89. The molecule has 1 aliphatic carbocycles. The quantitative estimate of drug-likeness (QED) is 0.347. The van der Waals surface area contributed by atoms with E-state index in [9.17, 15) is 0 Å². The Morgan fingerprint density at radius 3 is 2.19 bits per heavy atom. The highest BCUT2D eigenvalue weighted by Gasteiger charge is 2.37. The molecule has 0 amide bonds. The molecule has 0 aliphatic heterocycles. The van der Waals surface area contributed by atoms with Gasteiger partial charge in [0.25, 0.3) is 0 Å². The van der Waals surface area contributed by atoms with E-state index in [0.717, 1.165) is 0 Å². The summed E-state index contributed by atoms with van der Waals surface area (Å²) >= 11 is 0. The van der Waals surface area contributed by atoms with Crippen molar-refractivity contribution in [1.82, 2.24) is 0 Å². The van der Waals surface area contributed by atoms with E-state index in [0.29, 0.717) is 0 Å². The van der Waals surface area contributed by atoms with Crippen molar-refractivity contribution in [3.05, 3.63) is 95.6 Å². The molecule has 5 rings (SSSR count). The lowest BCUT2D eigenvalue weighted by Crippen LogP contribution is -2.16. The summed E-state index contributed by atoms with van der Waals surface area (Å²) in [6.45, 7) is 6.98. The fraction of sp³-hybridized carbons (Fsp3) is 0.154. The van der Waals surface area contributed by atoms with Gasteiger partial charge in [0.2, 0.25) is 0 Å². The van der Waals surface area contributed by atoms with Gasteiger partial charge in [0.15, 0.2) is 0 Å². The number of rotatable bonds is 1. The third kappa shape index (κ3) is 1.96. The second kappa shape index (κ2) is 5.32. The highest BCUT2D eigenvalue weighted by molar-refractivity contribution is 6.01. The van der Waals surface area contributed by atoms with Crippen molar-refractivity contribution in [2.45, 2.75) is 26.2 Å². The SMILES string of the molecule is Cc1ccc2c(c1-c1cccc3ccccc13)C(C)(C)c1ccccc1-2. The van der Waals surface area contributed by atoms with Crippen molar-refractivity contribution in [3.8, 4) is 22.3 Å². The highest BCUT2D eigenvalue weighted by Crippen LogP contribution is 2.53. The zero-order valence-corrected chi connectivity index (χ0v) is 15.5. The molecule has 0 radical (unpaired) electrons. The summed E-state index contributed by atoms with van der Waals surface area (Å²) in [6, 6.07) is 28.9. The Morgan fingerprint density at radius 2 is 1.31 bits per heavy atom. The molecular formula is C26H22. The predicted octanol–water partition coefficient (Wildman–Crippen LogP) is 7.12. The molecule has 26 heavy (non-hydrogen) atoms. The van der Waals surface area contributed by atoms with Crippen molar-refractivity contribution >= 4 is 10.8 Å². The third-order valence-corrected chi connectivity index (χ3v) is 5.99. The van der Waals surface area contributed by atoms with E-state index in [1.807, 2.05) is 0 Å². The molecule has 0 heterocycles. The first-order valence-corrected chi connectivity index (χ1v) is 9.31. The van der Waals surface area contributed by atoms with Crippen molar-refractivity contribution in [2.75, 3.05) is 0 Å². The molecule has 0 spiro atoms. The van der Waals surface area contributed by atoms with Crippen molar-refractivity contribution in [3.63, 3.8) is 0 Å². The molecule has 0 aromatic heterocycles. The van der Waals surface area contributed by atoms with Crippen molar-refractivity contribution in [2.24, 2.45) is 0 Å². The van der Waals surface area contributed by atoms with Gasteiger partial charge in [0.05, 0.1) is 0 Å². The number of benzene rings is 4. The molecule has 1 aliphatic rings. The van der Waals surface area contributed by atoms with Crippen LogP contribution in [-0.2, 0) is 5.41 Å². The number of fused-ring (bicyclic) bond motifs is 4. The summed E-state index contributed by atoms with van der Waals surface area (Å²) in [5.74, 6) is 0. The van der Waals surface area contributed by atoms with Gasteiger partial charge in [-0.15, -0.1) is 0 Å². The van der Waals surface area contributed by atoms with Crippen LogP contribution in [0.4, 0.5) is 0 Å². The third-order valence-electron chi connectivity index (χ3n) is 5.99. The Bertz CT molecular complexity index is 1160. The molecule has 0 N–H and O–H groups in total. The van der Waals surface area contributed by atoms with E-state index >= 15 is 0 Å².